The van der Waals surface area contributed by atoms with E-state index in [1.165, 1.54) is 12.1 Å². The summed E-state index contributed by atoms with van der Waals surface area (Å²) in [5, 5.41) is 12.3. The van der Waals surface area contributed by atoms with Crippen molar-refractivity contribution in [2.24, 2.45) is 5.92 Å². The molecule has 3 rings (SSSR count). The van der Waals surface area contributed by atoms with Gasteiger partial charge in [-0.1, -0.05) is 49.9 Å². The van der Waals surface area contributed by atoms with Crippen LogP contribution in [0.2, 0.25) is 0 Å². The van der Waals surface area contributed by atoms with Crippen LogP contribution < -0.4 is 10.1 Å². The van der Waals surface area contributed by atoms with Gasteiger partial charge in [0, 0.05) is 28.1 Å². The Labute approximate surface area is 183 Å². The third kappa shape index (κ3) is 5.93. The molecule has 0 aliphatic carbocycles. The molecule has 1 heterocycles. The van der Waals surface area contributed by atoms with Crippen LogP contribution in [-0.2, 0) is 0 Å². The summed E-state index contributed by atoms with van der Waals surface area (Å²) in [6, 6.07) is 13.0. The third-order valence-electron chi connectivity index (χ3n) is 4.48. The fraction of sp³-hybridized carbons (Fsp3) is 0.208. The Kier molecular flexibility index (Phi) is 8.10. The average molecular weight is 445 g/mol. The van der Waals surface area contributed by atoms with E-state index in [1.807, 2.05) is 0 Å². The number of hydrogen-bond acceptors (Lipinski definition) is 4. The first-order valence-electron chi connectivity index (χ1n) is 9.45. The van der Waals surface area contributed by atoms with Crippen LogP contribution in [-0.4, -0.2) is 30.4 Å². The second kappa shape index (κ2) is 10.6. The van der Waals surface area contributed by atoms with Crippen LogP contribution in [0, 0.1) is 18.8 Å². The van der Waals surface area contributed by atoms with Gasteiger partial charge in [-0.15, -0.1) is 12.8 Å². The Hall–Kier alpha value is -3.70. The zero-order valence-electron chi connectivity index (χ0n) is 17.3. The van der Waals surface area contributed by atoms with Gasteiger partial charge in [-0.25, -0.2) is 0 Å². The molecule has 0 radical (unpaired) electrons. The highest BCUT2D eigenvalue weighted by molar-refractivity contribution is 6.01. The largest absolute Gasteiger partial charge is 0.483 e. The summed E-state index contributed by atoms with van der Waals surface area (Å²) in [5.41, 5.74) is 1.58. The molecular formula is C24H22F3NO4. The highest BCUT2D eigenvalue weighted by Gasteiger charge is 2.29. The molecule has 2 aromatic carbocycles. The molecule has 0 saturated carbocycles. The van der Waals surface area contributed by atoms with Crippen LogP contribution in [0.5, 0.6) is 5.75 Å². The highest BCUT2D eigenvalue weighted by atomic mass is 19.4. The molecule has 32 heavy (non-hydrogen) atoms. The fourth-order valence-corrected chi connectivity index (χ4v) is 2.80. The smallest absolute Gasteiger partial charge is 0.422 e. The molecule has 3 aromatic rings. The number of terminal acetylenes is 1. The molecule has 0 aliphatic heterocycles. The summed E-state index contributed by atoms with van der Waals surface area (Å²) in [5.74, 6) is -0.803. The number of halogens is 3. The number of alkyl halides is 3. The number of benzene rings is 2. The average Bonchev–Trinajstić information content (AvgIpc) is 3.23. The van der Waals surface area contributed by atoms with Crippen molar-refractivity contribution in [1.82, 2.24) is 5.32 Å². The highest BCUT2D eigenvalue weighted by Crippen LogP contribution is 2.37. The summed E-state index contributed by atoms with van der Waals surface area (Å²) in [7, 11) is 0. The molecule has 0 saturated heterocycles. The Morgan fingerprint density at radius 1 is 1.19 bits per heavy atom. The van der Waals surface area contributed by atoms with Gasteiger partial charge in [0.15, 0.2) is 12.4 Å². The van der Waals surface area contributed by atoms with E-state index in [0.29, 0.717) is 27.8 Å². The number of aliphatic hydroxyl groups excluding tert-OH is 1. The van der Waals surface area contributed by atoms with Crippen LogP contribution in [0.1, 0.15) is 17.5 Å². The topological polar surface area (TPSA) is 71.7 Å². The van der Waals surface area contributed by atoms with E-state index in [4.69, 9.17) is 14.3 Å². The Morgan fingerprint density at radius 3 is 2.50 bits per heavy atom. The van der Waals surface area contributed by atoms with E-state index in [2.05, 4.69) is 24.7 Å². The SMILES string of the molecule is C#C.C=C(NC(=O)c1cc2cccc(-c3ccccc3OCC(F)(F)F)c2o1)C(C)CO. The van der Waals surface area contributed by atoms with Crippen molar-refractivity contribution >= 4 is 16.9 Å². The number of nitrogens with one attached hydrogen (secondary N) is 1. The van der Waals surface area contributed by atoms with Gasteiger partial charge in [0.25, 0.3) is 5.91 Å². The summed E-state index contributed by atoms with van der Waals surface area (Å²) in [4.78, 5) is 12.5. The molecule has 2 N–H and O–H groups in total. The number of rotatable bonds is 7. The number of para-hydroxylation sites is 2. The predicted octanol–water partition coefficient (Wildman–Crippen LogP) is 5.16. The van der Waals surface area contributed by atoms with Gasteiger partial charge in [0.2, 0.25) is 0 Å². The standard InChI is InChI=1S/C22H20F3NO4.C2H2/c1-13(11-27)14(2)26-21(28)19-10-15-6-5-8-17(20(15)30-19)16-7-3-4-9-18(16)29-12-22(23,24)25;1-2/h3-10,13,27H,2,11-12H2,1H3,(H,26,28);1-2H. The van der Waals surface area contributed by atoms with Gasteiger partial charge in [-0.3, -0.25) is 4.79 Å². The molecule has 1 aromatic heterocycles. The predicted molar refractivity (Wildman–Crippen MR) is 116 cm³/mol. The summed E-state index contributed by atoms with van der Waals surface area (Å²) < 4.78 is 48.5. The van der Waals surface area contributed by atoms with E-state index in [1.54, 1.807) is 43.3 Å². The van der Waals surface area contributed by atoms with Crippen molar-refractivity contribution in [1.29, 1.82) is 0 Å². The number of carbonyl (C=O) groups excluding carboxylic acids is 1. The van der Waals surface area contributed by atoms with E-state index >= 15 is 0 Å². The van der Waals surface area contributed by atoms with E-state index in [0.717, 1.165) is 0 Å². The lowest BCUT2D eigenvalue weighted by molar-refractivity contribution is -0.153. The second-order valence-electron chi connectivity index (χ2n) is 6.80. The summed E-state index contributed by atoms with van der Waals surface area (Å²) in [6.45, 7) is 3.84. The molecule has 0 aliphatic rings. The number of fused-ring (bicyclic) bond motifs is 1. The Balaban J connectivity index is 0.00000176. The lowest BCUT2D eigenvalue weighted by Crippen LogP contribution is -2.26. The first-order chi connectivity index (χ1) is 15.2. The van der Waals surface area contributed by atoms with Gasteiger partial charge in [-0.05, 0) is 12.1 Å². The maximum absolute atomic E-state index is 12.6. The normalized spacial score (nSPS) is 11.8. The molecule has 0 spiro atoms. The zero-order valence-corrected chi connectivity index (χ0v) is 17.3. The van der Waals surface area contributed by atoms with Gasteiger partial charge >= 0.3 is 6.18 Å². The van der Waals surface area contributed by atoms with Crippen molar-refractivity contribution in [3.8, 4) is 29.7 Å². The van der Waals surface area contributed by atoms with Crippen molar-refractivity contribution in [3.63, 3.8) is 0 Å². The van der Waals surface area contributed by atoms with Gasteiger partial charge in [0.1, 0.15) is 11.3 Å². The van der Waals surface area contributed by atoms with Crippen LogP contribution in [0.4, 0.5) is 13.2 Å². The molecule has 168 valence electrons. The van der Waals surface area contributed by atoms with Gasteiger partial charge in [0.05, 0.1) is 6.61 Å². The third-order valence-corrected chi connectivity index (χ3v) is 4.48. The molecule has 0 bridgehead atoms. The minimum Gasteiger partial charge on any atom is -0.483 e. The van der Waals surface area contributed by atoms with Gasteiger partial charge in [-0.2, -0.15) is 13.2 Å². The zero-order chi connectivity index (χ0) is 23.9. The second-order valence-corrected chi connectivity index (χ2v) is 6.80. The summed E-state index contributed by atoms with van der Waals surface area (Å²) >= 11 is 0. The lowest BCUT2D eigenvalue weighted by atomic mass is 10.0. The maximum Gasteiger partial charge on any atom is 0.422 e. The number of hydrogen-bond donors (Lipinski definition) is 2. The van der Waals surface area contributed by atoms with E-state index in [9.17, 15) is 18.0 Å². The molecule has 1 atom stereocenters. The van der Waals surface area contributed by atoms with E-state index in [-0.39, 0.29) is 24.0 Å². The quantitative estimate of drug-likeness (QED) is 0.493. The number of carbonyl (C=O) groups is 1. The molecule has 1 amide bonds. The number of furan rings is 1. The van der Waals surface area contributed by atoms with Crippen molar-refractivity contribution in [3.05, 3.63) is 66.6 Å². The van der Waals surface area contributed by atoms with Crippen molar-refractivity contribution in [2.45, 2.75) is 13.1 Å². The monoisotopic (exact) mass is 445 g/mol. The first-order valence-corrected chi connectivity index (χ1v) is 9.45. The number of ether oxygens (including phenoxy) is 1. The summed E-state index contributed by atoms with van der Waals surface area (Å²) in [6.07, 6.45) is 3.53. The van der Waals surface area contributed by atoms with Gasteiger partial charge < -0.3 is 19.6 Å². The van der Waals surface area contributed by atoms with Crippen LogP contribution in [0.25, 0.3) is 22.1 Å². The minimum absolute atomic E-state index is 0.0115. The lowest BCUT2D eigenvalue weighted by Gasteiger charge is -2.13. The van der Waals surface area contributed by atoms with E-state index < -0.39 is 18.7 Å². The van der Waals surface area contributed by atoms with Crippen LogP contribution in [0.15, 0.2) is 65.2 Å². The van der Waals surface area contributed by atoms with Crippen molar-refractivity contribution in [2.75, 3.05) is 13.2 Å². The molecule has 0 fully saturated rings. The molecule has 1 unspecified atom stereocenters. The Bertz CT molecular complexity index is 1120. The van der Waals surface area contributed by atoms with Crippen LogP contribution >= 0.6 is 0 Å². The number of aliphatic hydroxyl groups is 1. The first kappa shape index (κ1) is 24.6. The maximum atomic E-state index is 12.6. The molecule has 5 nitrogen and oxygen atoms in total. The van der Waals surface area contributed by atoms with Crippen LogP contribution in [0.3, 0.4) is 0 Å². The fourth-order valence-electron chi connectivity index (χ4n) is 2.80. The number of amides is 1. The molecule has 8 heteroatoms. The Morgan fingerprint density at radius 2 is 1.84 bits per heavy atom. The molecular weight excluding hydrogens is 423 g/mol. The minimum atomic E-state index is -4.47. The van der Waals surface area contributed by atoms with Crippen molar-refractivity contribution < 1.29 is 32.2 Å².